The molecular weight excluding hydrogens is 258 g/mol. The fraction of sp³-hybridized carbons (Fsp3) is 0.231. The van der Waals surface area contributed by atoms with Gasteiger partial charge in [-0.2, -0.15) is 5.10 Å². The van der Waals surface area contributed by atoms with Crippen molar-refractivity contribution in [2.45, 2.75) is 20.3 Å². The number of pyridine rings is 1. The van der Waals surface area contributed by atoms with Gasteiger partial charge in [0.25, 0.3) is 5.56 Å². The Hall–Kier alpha value is -2.70. The van der Waals surface area contributed by atoms with Crippen LogP contribution in [0.2, 0.25) is 0 Å². The van der Waals surface area contributed by atoms with Gasteiger partial charge in [0.2, 0.25) is 5.91 Å². The molecule has 0 atom stereocenters. The minimum atomic E-state index is -0.341. The number of hydrogen-bond donors (Lipinski definition) is 3. The van der Waals surface area contributed by atoms with Crippen LogP contribution in [-0.2, 0) is 11.2 Å². The summed E-state index contributed by atoms with van der Waals surface area (Å²) < 4.78 is 0. The molecule has 2 heterocycles. The summed E-state index contributed by atoms with van der Waals surface area (Å²) in [6.07, 6.45) is 3.29. The molecule has 20 heavy (non-hydrogen) atoms. The Bertz CT molecular complexity index is 684. The first-order valence-corrected chi connectivity index (χ1v) is 6.07. The van der Waals surface area contributed by atoms with Crippen molar-refractivity contribution in [2.24, 2.45) is 5.10 Å². The molecular formula is C13H15N5O2. The lowest BCUT2D eigenvalue weighted by Gasteiger charge is -2.02. The van der Waals surface area contributed by atoms with Crippen molar-refractivity contribution in [3.63, 3.8) is 0 Å². The van der Waals surface area contributed by atoms with Gasteiger partial charge in [-0.25, -0.2) is 5.43 Å². The molecule has 7 heteroatoms. The lowest BCUT2D eigenvalue weighted by molar-refractivity contribution is -0.120. The Labute approximate surface area is 115 Å². The number of carbonyl (C=O) groups excluding carboxylic acids is 1. The van der Waals surface area contributed by atoms with Crippen LogP contribution in [0.15, 0.2) is 34.4 Å². The first-order valence-electron chi connectivity index (χ1n) is 6.07. The highest BCUT2D eigenvalue weighted by Crippen LogP contribution is 2.00. The van der Waals surface area contributed by atoms with E-state index >= 15 is 0 Å². The lowest BCUT2D eigenvalue weighted by Crippen LogP contribution is -2.24. The van der Waals surface area contributed by atoms with Crippen LogP contribution in [-0.4, -0.2) is 26.8 Å². The summed E-state index contributed by atoms with van der Waals surface area (Å²) in [6, 6.07) is 3.60. The number of amides is 1. The summed E-state index contributed by atoms with van der Waals surface area (Å²) in [5, 5.41) is 9.10. The van der Waals surface area contributed by atoms with E-state index in [-0.39, 0.29) is 17.9 Å². The molecule has 7 nitrogen and oxygen atoms in total. The van der Waals surface area contributed by atoms with Crippen molar-refractivity contribution in [1.29, 1.82) is 0 Å². The molecule has 2 aromatic rings. The molecule has 0 aromatic carbocycles. The second kappa shape index (κ2) is 5.96. The van der Waals surface area contributed by atoms with Gasteiger partial charge in [-0.15, -0.1) is 0 Å². The Morgan fingerprint density at radius 3 is 2.65 bits per heavy atom. The predicted octanol–water partition coefficient (Wildman–Crippen LogP) is 0.489. The molecule has 2 aromatic heterocycles. The zero-order valence-electron chi connectivity index (χ0n) is 11.2. The molecule has 0 aliphatic heterocycles. The zero-order chi connectivity index (χ0) is 14.5. The molecule has 104 valence electrons. The molecule has 3 N–H and O–H groups in total. The summed E-state index contributed by atoms with van der Waals surface area (Å²) in [6.45, 7) is 3.51. The van der Waals surface area contributed by atoms with Gasteiger partial charge >= 0.3 is 0 Å². The van der Waals surface area contributed by atoms with Gasteiger partial charge in [0, 0.05) is 29.2 Å². The Morgan fingerprint density at radius 2 is 2.05 bits per heavy atom. The summed E-state index contributed by atoms with van der Waals surface area (Å²) >= 11 is 0. The van der Waals surface area contributed by atoms with Crippen LogP contribution in [0.5, 0.6) is 0 Å². The molecule has 2 rings (SSSR count). The van der Waals surface area contributed by atoms with Crippen molar-refractivity contribution in [3.8, 4) is 0 Å². The largest absolute Gasteiger partial charge is 0.302 e. The average Bonchev–Trinajstić information content (AvgIpc) is 2.77. The maximum absolute atomic E-state index is 11.8. The smallest absolute Gasteiger partial charge is 0.267 e. The topological polar surface area (TPSA) is 103 Å². The van der Waals surface area contributed by atoms with Gasteiger partial charge < -0.3 is 5.10 Å². The highest BCUT2D eigenvalue weighted by atomic mass is 16.2. The Balaban J connectivity index is 2.01. The quantitative estimate of drug-likeness (QED) is 0.558. The van der Waals surface area contributed by atoms with Crippen LogP contribution in [0.4, 0.5) is 0 Å². The van der Waals surface area contributed by atoms with Crippen molar-refractivity contribution in [1.82, 2.24) is 20.6 Å². The minimum Gasteiger partial charge on any atom is -0.302 e. The summed E-state index contributed by atoms with van der Waals surface area (Å²) in [4.78, 5) is 27.1. The minimum absolute atomic E-state index is 0.0161. The molecule has 0 fully saturated rings. The summed E-state index contributed by atoms with van der Waals surface area (Å²) in [5.74, 6) is -0.341. The highest BCUT2D eigenvalue weighted by Gasteiger charge is 2.11. The normalized spacial score (nSPS) is 11.4. The molecule has 0 unspecified atom stereocenters. The van der Waals surface area contributed by atoms with Crippen LogP contribution >= 0.6 is 0 Å². The molecule has 0 spiro atoms. The number of aromatic nitrogens is 3. The van der Waals surface area contributed by atoms with E-state index < -0.39 is 0 Å². The molecule has 0 saturated heterocycles. The molecule has 0 aliphatic carbocycles. The van der Waals surface area contributed by atoms with Crippen molar-refractivity contribution in [2.75, 3.05) is 0 Å². The van der Waals surface area contributed by atoms with Gasteiger partial charge in [0.05, 0.1) is 12.1 Å². The number of aryl methyl sites for hydroxylation is 1. The van der Waals surface area contributed by atoms with Gasteiger partial charge in [-0.3, -0.25) is 19.7 Å². The fourth-order valence-corrected chi connectivity index (χ4v) is 1.69. The summed E-state index contributed by atoms with van der Waals surface area (Å²) in [7, 11) is 0. The van der Waals surface area contributed by atoms with E-state index in [1.54, 1.807) is 38.4 Å². The van der Waals surface area contributed by atoms with Crippen LogP contribution in [0, 0.1) is 6.92 Å². The molecule has 0 radical (unpaired) electrons. The number of hydrogen-bond acceptors (Lipinski definition) is 4. The maximum Gasteiger partial charge on any atom is 0.267 e. The van der Waals surface area contributed by atoms with E-state index in [0.717, 1.165) is 5.56 Å². The van der Waals surface area contributed by atoms with Crippen LogP contribution in [0.1, 0.15) is 23.7 Å². The SMILES string of the molecule is CC(=NNC(=O)Cc1c(C)[nH][nH]c1=O)c1ccncc1. The van der Waals surface area contributed by atoms with Crippen molar-refractivity contribution >= 4 is 11.6 Å². The number of nitrogens with zero attached hydrogens (tertiary/aromatic N) is 2. The van der Waals surface area contributed by atoms with E-state index in [9.17, 15) is 9.59 Å². The third-order valence-corrected chi connectivity index (χ3v) is 2.87. The predicted molar refractivity (Wildman–Crippen MR) is 74.4 cm³/mol. The second-order valence-electron chi connectivity index (χ2n) is 4.33. The molecule has 0 saturated carbocycles. The van der Waals surface area contributed by atoms with Crippen LogP contribution in [0.25, 0.3) is 0 Å². The molecule has 0 bridgehead atoms. The number of nitrogens with one attached hydrogen (secondary N) is 3. The third kappa shape index (κ3) is 3.19. The fourth-order valence-electron chi connectivity index (χ4n) is 1.69. The van der Waals surface area contributed by atoms with Gasteiger partial charge in [0.1, 0.15) is 0 Å². The molecule has 0 aliphatic rings. The lowest BCUT2D eigenvalue weighted by atomic mass is 10.2. The van der Waals surface area contributed by atoms with Crippen LogP contribution < -0.4 is 11.0 Å². The Kier molecular flexibility index (Phi) is 4.09. The zero-order valence-corrected chi connectivity index (χ0v) is 11.2. The van der Waals surface area contributed by atoms with Crippen LogP contribution in [0.3, 0.4) is 0 Å². The van der Waals surface area contributed by atoms with E-state index in [1.807, 2.05) is 0 Å². The summed E-state index contributed by atoms with van der Waals surface area (Å²) in [5.41, 5.74) is 4.76. The van der Waals surface area contributed by atoms with Crippen molar-refractivity contribution in [3.05, 3.63) is 51.7 Å². The molecule has 1 amide bonds. The van der Waals surface area contributed by atoms with Crippen molar-refractivity contribution < 1.29 is 4.79 Å². The second-order valence-corrected chi connectivity index (χ2v) is 4.33. The van der Waals surface area contributed by atoms with Gasteiger partial charge in [0.15, 0.2) is 0 Å². The van der Waals surface area contributed by atoms with E-state index in [1.165, 1.54) is 0 Å². The number of rotatable bonds is 4. The standard InChI is InChI=1S/C13H15N5O2/c1-8(10-3-5-14-6-4-10)15-17-12(19)7-11-9(2)16-18-13(11)20/h3-6H,7H2,1-2H3,(H,17,19)(H2,16,18,20). The first-order chi connectivity index (χ1) is 9.58. The first kappa shape index (κ1) is 13.7. The van der Waals surface area contributed by atoms with Gasteiger partial charge in [-0.1, -0.05) is 0 Å². The number of carbonyl (C=O) groups is 1. The number of aromatic amines is 2. The maximum atomic E-state index is 11.8. The average molecular weight is 273 g/mol. The highest BCUT2D eigenvalue weighted by molar-refractivity contribution is 5.99. The van der Waals surface area contributed by atoms with E-state index in [0.29, 0.717) is 17.0 Å². The van der Waals surface area contributed by atoms with E-state index in [2.05, 4.69) is 25.7 Å². The third-order valence-electron chi connectivity index (χ3n) is 2.87. The monoisotopic (exact) mass is 273 g/mol. The van der Waals surface area contributed by atoms with E-state index in [4.69, 9.17) is 0 Å². The Morgan fingerprint density at radius 1 is 1.35 bits per heavy atom. The van der Waals surface area contributed by atoms with Gasteiger partial charge in [-0.05, 0) is 26.0 Å². The number of hydrazone groups is 1. The number of H-pyrrole nitrogens is 2.